The van der Waals surface area contributed by atoms with Crippen LogP contribution in [0.15, 0.2) is 24.3 Å². The van der Waals surface area contributed by atoms with Crippen LogP contribution in [-0.2, 0) is 28.5 Å². The molecule has 0 heterocycles. The molecule has 0 rings (SSSR count). The molecule has 0 aliphatic rings. The van der Waals surface area contributed by atoms with Gasteiger partial charge in [0.25, 0.3) is 0 Å². The van der Waals surface area contributed by atoms with E-state index in [0.717, 1.165) is 25.7 Å². The van der Waals surface area contributed by atoms with Gasteiger partial charge in [0.15, 0.2) is 0 Å². The Morgan fingerprint density at radius 2 is 1.32 bits per heavy atom. The average molecular weight is 356 g/mol. The summed E-state index contributed by atoms with van der Waals surface area (Å²) in [4.78, 5) is 22.7. The molecule has 0 unspecified atom stereocenters. The van der Waals surface area contributed by atoms with E-state index in [0.29, 0.717) is 13.2 Å². The monoisotopic (exact) mass is 356 g/mol. The van der Waals surface area contributed by atoms with E-state index in [4.69, 9.17) is 9.47 Å². The van der Waals surface area contributed by atoms with Gasteiger partial charge in [0.2, 0.25) is 0 Å². The number of ether oxygens (including phenoxy) is 4. The van der Waals surface area contributed by atoms with Crippen LogP contribution < -0.4 is 0 Å². The Kier molecular flexibility index (Phi) is 11.8. The zero-order valence-electron chi connectivity index (χ0n) is 16.0. The molecular formula is C19H32O6. The molecule has 0 fully saturated rings. The molecule has 0 aromatic heterocycles. The molecule has 0 radical (unpaired) electrons. The van der Waals surface area contributed by atoms with Crippen molar-refractivity contribution >= 4 is 11.9 Å². The maximum absolute atomic E-state index is 11.4. The van der Waals surface area contributed by atoms with Crippen LogP contribution in [0.3, 0.4) is 0 Å². The normalized spacial score (nSPS) is 11.0. The zero-order chi connectivity index (χ0) is 19.3. The van der Waals surface area contributed by atoms with E-state index in [2.05, 4.69) is 36.5 Å². The fourth-order valence-electron chi connectivity index (χ4n) is 2.31. The minimum absolute atomic E-state index is 0.120. The number of carbonyl (C=O) groups excluding carboxylic acids is 2. The fourth-order valence-corrected chi connectivity index (χ4v) is 2.31. The van der Waals surface area contributed by atoms with Crippen LogP contribution in [0.25, 0.3) is 0 Å². The third kappa shape index (κ3) is 8.84. The van der Waals surface area contributed by atoms with Gasteiger partial charge >= 0.3 is 11.9 Å². The van der Waals surface area contributed by atoms with Crippen molar-refractivity contribution in [3.63, 3.8) is 0 Å². The SMILES string of the molecule is C=C(COCC(CC)(CCCC)COCC(=C)C(=O)OC)C(=O)OC. The summed E-state index contributed by atoms with van der Waals surface area (Å²) in [6, 6.07) is 0. The van der Waals surface area contributed by atoms with Crippen LogP contribution in [-0.4, -0.2) is 52.6 Å². The van der Waals surface area contributed by atoms with E-state index in [1.807, 2.05) is 0 Å². The van der Waals surface area contributed by atoms with Crippen molar-refractivity contribution in [1.82, 2.24) is 0 Å². The highest BCUT2D eigenvalue weighted by molar-refractivity contribution is 5.88. The second-order valence-electron chi connectivity index (χ2n) is 6.13. The molecule has 0 spiro atoms. The lowest BCUT2D eigenvalue weighted by atomic mass is 9.81. The van der Waals surface area contributed by atoms with Gasteiger partial charge in [0.05, 0.1) is 51.8 Å². The molecule has 0 saturated carbocycles. The van der Waals surface area contributed by atoms with Gasteiger partial charge in [-0.25, -0.2) is 9.59 Å². The Morgan fingerprint density at radius 3 is 1.64 bits per heavy atom. The van der Waals surface area contributed by atoms with Crippen molar-refractivity contribution in [2.45, 2.75) is 39.5 Å². The molecule has 0 atom stereocenters. The topological polar surface area (TPSA) is 71.1 Å². The summed E-state index contributed by atoms with van der Waals surface area (Å²) in [5.41, 5.74) is 0.369. The summed E-state index contributed by atoms with van der Waals surface area (Å²) >= 11 is 0. The number of hydrogen-bond acceptors (Lipinski definition) is 6. The van der Waals surface area contributed by atoms with E-state index in [1.165, 1.54) is 14.2 Å². The van der Waals surface area contributed by atoms with Crippen molar-refractivity contribution < 1.29 is 28.5 Å². The third-order valence-electron chi connectivity index (χ3n) is 4.13. The van der Waals surface area contributed by atoms with E-state index in [1.54, 1.807) is 0 Å². The molecule has 0 aromatic carbocycles. The first-order chi connectivity index (χ1) is 11.9. The second kappa shape index (κ2) is 12.7. The standard InChI is InChI=1S/C19H32O6/c1-7-9-10-19(8-2,13-24-11-15(3)17(20)22-5)14-25-12-16(4)18(21)23-6/h3-4,7-14H2,1-2,5-6H3. The average Bonchev–Trinajstić information content (AvgIpc) is 2.63. The summed E-state index contributed by atoms with van der Waals surface area (Å²) in [6.07, 6.45) is 3.87. The highest BCUT2D eigenvalue weighted by Gasteiger charge is 2.29. The van der Waals surface area contributed by atoms with Crippen molar-refractivity contribution in [3.8, 4) is 0 Å². The van der Waals surface area contributed by atoms with Gasteiger partial charge in [-0.1, -0.05) is 39.8 Å². The smallest absolute Gasteiger partial charge is 0.335 e. The molecular weight excluding hydrogens is 324 g/mol. The van der Waals surface area contributed by atoms with Crippen LogP contribution in [0.4, 0.5) is 0 Å². The first-order valence-electron chi connectivity index (χ1n) is 8.53. The maximum atomic E-state index is 11.4. The Bertz CT molecular complexity index is 421. The number of rotatable bonds is 14. The molecule has 0 N–H and O–H groups in total. The first kappa shape index (κ1) is 23.3. The van der Waals surface area contributed by atoms with Crippen LogP contribution in [0.5, 0.6) is 0 Å². The second-order valence-corrected chi connectivity index (χ2v) is 6.13. The number of carbonyl (C=O) groups is 2. The van der Waals surface area contributed by atoms with E-state index >= 15 is 0 Å². The summed E-state index contributed by atoms with van der Waals surface area (Å²) in [7, 11) is 2.63. The van der Waals surface area contributed by atoms with E-state index < -0.39 is 11.9 Å². The lowest BCUT2D eigenvalue weighted by Gasteiger charge is -2.32. The van der Waals surface area contributed by atoms with Crippen molar-refractivity contribution in [2.24, 2.45) is 5.41 Å². The maximum Gasteiger partial charge on any atom is 0.335 e. The molecule has 25 heavy (non-hydrogen) atoms. The minimum Gasteiger partial charge on any atom is -0.466 e. The highest BCUT2D eigenvalue weighted by atomic mass is 16.5. The van der Waals surface area contributed by atoms with Gasteiger partial charge in [-0.15, -0.1) is 0 Å². The zero-order valence-corrected chi connectivity index (χ0v) is 16.0. The Morgan fingerprint density at radius 1 is 0.880 bits per heavy atom. The van der Waals surface area contributed by atoms with Gasteiger partial charge < -0.3 is 18.9 Å². The minimum atomic E-state index is -0.471. The first-order valence-corrected chi connectivity index (χ1v) is 8.53. The van der Waals surface area contributed by atoms with Crippen molar-refractivity contribution in [1.29, 1.82) is 0 Å². The number of esters is 2. The summed E-state index contributed by atoms with van der Waals surface area (Å²) in [5.74, 6) is -0.942. The quantitative estimate of drug-likeness (QED) is 0.352. The molecule has 0 amide bonds. The van der Waals surface area contributed by atoms with Crippen LogP contribution in [0.1, 0.15) is 39.5 Å². The molecule has 144 valence electrons. The predicted molar refractivity (Wildman–Crippen MR) is 96.2 cm³/mol. The molecule has 0 aromatic rings. The molecule has 0 aliphatic heterocycles. The number of hydrogen-bond donors (Lipinski definition) is 0. The summed E-state index contributed by atoms with van der Waals surface area (Å²) in [6.45, 7) is 12.6. The van der Waals surface area contributed by atoms with E-state index in [9.17, 15) is 9.59 Å². The largest absolute Gasteiger partial charge is 0.466 e. The Labute approximate surface area is 151 Å². The molecule has 0 saturated heterocycles. The Hall–Kier alpha value is -1.66. The van der Waals surface area contributed by atoms with Crippen LogP contribution in [0.2, 0.25) is 0 Å². The van der Waals surface area contributed by atoms with E-state index in [-0.39, 0.29) is 29.8 Å². The van der Waals surface area contributed by atoms with Crippen molar-refractivity contribution in [3.05, 3.63) is 24.3 Å². The van der Waals surface area contributed by atoms with Gasteiger partial charge in [0.1, 0.15) is 0 Å². The van der Waals surface area contributed by atoms with Gasteiger partial charge in [0, 0.05) is 5.41 Å². The van der Waals surface area contributed by atoms with Crippen LogP contribution >= 0.6 is 0 Å². The van der Waals surface area contributed by atoms with Crippen molar-refractivity contribution in [2.75, 3.05) is 40.6 Å². The molecule has 6 heteroatoms. The lowest BCUT2D eigenvalue weighted by Crippen LogP contribution is -2.33. The fraction of sp³-hybridized carbons (Fsp3) is 0.684. The molecule has 0 bridgehead atoms. The Balaban J connectivity index is 4.65. The number of methoxy groups -OCH3 is 2. The van der Waals surface area contributed by atoms with Gasteiger partial charge in [-0.05, 0) is 12.8 Å². The molecule has 0 aliphatic carbocycles. The third-order valence-corrected chi connectivity index (χ3v) is 4.13. The lowest BCUT2D eigenvalue weighted by molar-refractivity contribution is -0.137. The summed E-state index contributed by atoms with van der Waals surface area (Å²) in [5, 5.41) is 0. The summed E-state index contributed by atoms with van der Waals surface area (Å²) < 4.78 is 20.6. The van der Waals surface area contributed by atoms with Crippen LogP contribution in [0, 0.1) is 5.41 Å². The van der Waals surface area contributed by atoms with Gasteiger partial charge in [-0.3, -0.25) is 0 Å². The predicted octanol–water partition coefficient (Wildman–Crippen LogP) is 3.06. The molecule has 6 nitrogen and oxygen atoms in total. The number of unbranched alkanes of at least 4 members (excludes halogenated alkanes) is 1. The van der Waals surface area contributed by atoms with Gasteiger partial charge in [-0.2, -0.15) is 0 Å². The highest BCUT2D eigenvalue weighted by Crippen LogP contribution is 2.30.